The van der Waals surface area contributed by atoms with E-state index in [2.05, 4.69) is 0 Å². The number of carbonyl (C=O) groups excluding carboxylic acids is 1. The molecule has 1 aliphatic rings. The lowest BCUT2D eigenvalue weighted by Crippen LogP contribution is -2.30. The van der Waals surface area contributed by atoms with Gasteiger partial charge in [0, 0.05) is 30.2 Å². The Morgan fingerprint density at radius 3 is 2.74 bits per heavy atom. The first-order chi connectivity index (χ1) is 11.3. The molecule has 4 nitrogen and oxygen atoms in total. The number of hydrogen-bond donors (Lipinski definition) is 0. The molecule has 1 aromatic carbocycles. The second-order valence-corrected chi connectivity index (χ2v) is 5.81. The molecule has 0 bridgehead atoms. The summed E-state index contributed by atoms with van der Waals surface area (Å²) in [4.78, 5) is 14.9. The average Bonchev–Trinajstić information content (AvgIpc) is 3.35. The molecule has 3 aromatic rings. The summed E-state index contributed by atoms with van der Waals surface area (Å²) in [6.45, 7) is 0.776. The minimum Gasteiger partial charge on any atom is -0.467 e. The maximum absolute atomic E-state index is 12.9. The van der Waals surface area contributed by atoms with E-state index in [0.29, 0.717) is 0 Å². The van der Waals surface area contributed by atoms with Gasteiger partial charge in [-0.25, -0.2) is 0 Å². The van der Waals surface area contributed by atoms with Gasteiger partial charge in [0.15, 0.2) is 0 Å². The molecule has 3 heterocycles. The SMILES string of the molecule is O=C(c1cccc(-n2cccc2)c1)N1CCCC1c1ccco1. The van der Waals surface area contributed by atoms with Crippen LogP contribution < -0.4 is 0 Å². The van der Waals surface area contributed by atoms with E-state index in [1.807, 2.05) is 70.4 Å². The van der Waals surface area contributed by atoms with Gasteiger partial charge in [-0.15, -0.1) is 0 Å². The highest BCUT2D eigenvalue weighted by molar-refractivity contribution is 5.95. The average molecular weight is 306 g/mol. The smallest absolute Gasteiger partial charge is 0.254 e. The Morgan fingerprint density at radius 2 is 1.96 bits per heavy atom. The summed E-state index contributed by atoms with van der Waals surface area (Å²) < 4.78 is 7.52. The summed E-state index contributed by atoms with van der Waals surface area (Å²) in [6.07, 6.45) is 7.59. The van der Waals surface area contributed by atoms with E-state index in [1.54, 1.807) is 6.26 Å². The first-order valence-corrected chi connectivity index (χ1v) is 7.91. The van der Waals surface area contributed by atoms with Crippen LogP contribution in [0.1, 0.15) is 35.0 Å². The minimum absolute atomic E-state index is 0.0488. The number of likely N-dealkylation sites (tertiary alicyclic amines) is 1. The van der Waals surface area contributed by atoms with Crippen molar-refractivity contribution in [3.05, 3.63) is 78.5 Å². The van der Waals surface area contributed by atoms with Gasteiger partial charge in [0.25, 0.3) is 5.91 Å². The van der Waals surface area contributed by atoms with Gasteiger partial charge in [0.05, 0.1) is 12.3 Å². The molecule has 0 saturated carbocycles. The number of hydrogen-bond acceptors (Lipinski definition) is 2. The van der Waals surface area contributed by atoms with E-state index in [4.69, 9.17) is 4.42 Å². The van der Waals surface area contributed by atoms with Crippen molar-refractivity contribution >= 4 is 5.91 Å². The highest BCUT2D eigenvalue weighted by Gasteiger charge is 2.32. The predicted molar refractivity (Wildman–Crippen MR) is 87.5 cm³/mol. The predicted octanol–water partition coefficient (Wildman–Crippen LogP) is 4.05. The largest absolute Gasteiger partial charge is 0.467 e. The highest BCUT2D eigenvalue weighted by Crippen LogP contribution is 2.33. The first kappa shape index (κ1) is 13.9. The maximum Gasteiger partial charge on any atom is 0.254 e. The maximum atomic E-state index is 12.9. The Bertz CT molecular complexity index is 791. The van der Waals surface area contributed by atoms with E-state index in [0.717, 1.165) is 36.4 Å². The molecule has 0 aliphatic carbocycles. The molecule has 4 rings (SSSR count). The standard InChI is InChI=1S/C19H18N2O2/c22-19(21-12-4-8-17(21)18-9-5-13-23-18)15-6-3-7-16(14-15)20-10-1-2-11-20/h1-3,5-7,9-11,13-14,17H,4,8,12H2. The lowest BCUT2D eigenvalue weighted by Gasteiger charge is -2.23. The third kappa shape index (κ3) is 2.57. The van der Waals surface area contributed by atoms with Gasteiger partial charge in [-0.05, 0) is 55.3 Å². The van der Waals surface area contributed by atoms with E-state index in [-0.39, 0.29) is 11.9 Å². The Morgan fingerprint density at radius 1 is 1.09 bits per heavy atom. The second kappa shape index (κ2) is 5.80. The van der Waals surface area contributed by atoms with Crippen LogP contribution in [-0.2, 0) is 0 Å². The zero-order chi connectivity index (χ0) is 15.6. The van der Waals surface area contributed by atoms with E-state index in [1.165, 1.54) is 0 Å². The molecule has 1 unspecified atom stereocenters. The fourth-order valence-corrected chi connectivity index (χ4v) is 3.26. The molecule has 0 radical (unpaired) electrons. The molecule has 1 aliphatic heterocycles. The number of rotatable bonds is 3. The summed E-state index contributed by atoms with van der Waals surface area (Å²) in [7, 11) is 0. The van der Waals surface area contributed by atoms with E-state index < -0.39 is 0 Å². The molecular weight excluding hydrogens is 288 g/mol. The van der Waals surface area contributed by atoms with Crippen molar-refractivity contribution in [3.8, 4) is 5.69 Å². The molecule has 1 saturated heterocycles. The molecular formula is C19H18N2O2. The van der Waals surface area contributed by atoms with Crippen molar-refractivity contribution in [2.45, 2.75) is 18.9 Å². The zero-order valence-electron chi connectivity index (χ0n) is 12.8. The van der Waals surface area contributed by atoms with Crippen molar-refractivity contribution in [3.63, 3.8) is 0 Å². The van der Waals surface area contributed by atoms with Crippen LogP contribution >= 0.6 is 0 Å². The summed E-state index contributed by atoms with van der Waals surface area (Å²) in [6, 6.07) is 15.6. The number of nitrogens with zero attached hydrogens (tertiary/aromatic N) is 2. The van der Waals surface area contributed by atoms with Crippen molar-refractivity contribution in [2.75, 3.05) is 6.54 Å². The third-order valence-corrected chi connectivity index (χ3v) is 4.38. The van der Waals surface area contributed by atoms with Gasteiger partial charge >= 0.3 is 0 Å². The lowest BCUT2D eigenvalue weighted by molar-refractivity contribution is 0.0720. The normalized spacial score (nSPS) is 17.6. The number of aromatic nitrogens is 1. The van der Waals surface area contributed by atoms with Crippen LogP contribution in [0.4, 0.5) is 0 Å². The highest BCUT2D eigenvalue weighted by atomic mass is 16.3. The van der Waals surface area contributed by atoms with Gasteiger partial charge in [-0.2, -0.15) is 0 Å². The van der Waals surface area contributed by atoms with Gasteiger partial charge in [-0.1, -0.05) is 6.07 Å². The van der Waals surface area contributed by atoms with Crippen molar-refractivity contribution in [1.82, 2.24) is 9.47 Å². The molecule has 23 heavy (non-hydrogen) atoms. The van der Waals surface area contributed by atoms with Crippen molar-refractivity contribution in [1.29, 1.82) is 0 Å². The fraction of sp³-hybridized carbons (Fsp3) is 0.211. The summed E-state index contributed by atoms with van der Waals surface area (Å²) >= 11 is 0. The molecule has 0 spiro atoms. The second-order valence-electron chi connectivity index (χ2n) is 5.81. The Hall–Kier alpha value is -2.75. The number of furan rings is 1. The molecule has 1 amide bonds. The van der Waals surface area contributed by atoms with Gasteiger partial charge in [-0.3, -0.25) is 4.79 Å². The van der Waals surface area contributed by atoms with Crippen molar-refractivity contribution < 1.29 is 9.21 Å². The van der Waals surface area contributed by atoms with Crippen LogP contribution in [0.15, 0.2) is 71.6 Å². The topological polar surface area (TPSA) is 38.4 Å². The summed E-state index contributed by atoms with van der Waals surface area (Å²) in [5.41, 5.74) is 1.71. The summed E-state index contributed by atoms with van der Waals surface area (Å²) in [5.74, 6) is 0.940. The minimum atomic E-state index is 0.0488. The van der Waals surface area contributed by atoms with E-state index in [9.17, 15) is 4.79 Å². The lowest BCUT2D eigenvalue weighted by atomic mass is 10.1. The Kier molecular flexibility index (Phi) is 3.50. The van der Waals surface area contributed by atoms with Gasteiger partial charge in [0.2, 0.25) is 0 Å². The zero-order valence-corrected chi connectivity index (χ0v) is 12.8. The van der Waals surface area contributed by atoms with Crippen LogP contribution in [0.25, 0.3) is 5.69 Å². The number of benzene rings is 1. The van der Waals surface area contributed by atoms with E-state index >= 15 is 0 Å². The number of carbonyl (C=O) groups is 1. The van der Waals surface area contributed by atoms with Crippen LogP contribution in [0.5, 0.6) is 0 Å². The van der Waals surface area contributed by atoms with Crippen molar-refractivity contribution in [2.24, 2.45) is 0 Å². The molecule has 4 heteroatoms. The fourth-order valence-electron chi connectivity index (χ4n) is 3.26. The van der Waals surface area contributed by atoms with Gasteiger partial charge in [0.1, 0.15) is 5.76 Å². The van der Waals surface area contributed by atoms with Crippen LogP contribution in [0.3, 0.4) is 0 Å². The Balaban J connectivity index is 1.63. The third-order valence-electron chi connectivity index (χ3n) is 4.38. The monoisotopic (exact) mass is 306 g/mol. The first-order valence-electron chi connectivity index (χ1n) is 7.91. The number of amides is 1. The summed E-state index contributed by atoms with van der Waals surface area (Å²) in [5, 5.41) is 0. The molecule has 2 aromatic heterocycles. The molecule has 1 fully saturated rings. The molecule has 1 atom stereocenters. The molecule has 116 valence electrons. The van der Waals surface area contributed by atoms with Crippen LogP contribution in [0, 0.1) is 0 Å². The molecule has 0 N–H and O–H groups in total. The van der Waals surface area contributed by atoms with Gasteiger partial charge < -0.3 is 13.9 Å². The van der Waals surface area contributed by atoms with Crippen LogP contribution in [0.2, 0.25) is 0 Å². The quantitative estimate of drug-likeness (QED) is 0.732. The Labute approximate surface area is 134 Å². The van der Waals surface area contributed by atoms with Crippen LogP contribution in [-0.4, -0.2) is 21.9 Å².